The van der Waals surface area contributed by atoms with Crippen LogP contribution in [0.4, 0.5) is 0 Å². The van der Waals surface area contributed by atoms with Crippen molar-refractivity contribution in [2.24, 2.45) is 17.8 Å². The number of rotatable bonds is 3. The predicted molar refractivity (Wildman–Crippen MR) is 93.6 cm³/mol. The lowest BCUT2D eigenvalue weighted by molar-refractivity contribution is 0.368. The number of allylic oxidation sites excluding steroid dienone is 4. The summed E-state index contributed by atoms with van der Waals surface area (Å²) in [5.74, 6) is 2.26. The molecule has 0 bridgehead atoms. The Morgan fingerprint density at radius 3 is 2.68 bits per heavy atom. The van der Waals surface area contributed by atoms with Crippen molar-refractivity contribution < 1.29 is 0 Å². The fraction of sp³-hybridized carbons (Fsp3) is 0.318. The van der Waals surface area contributed by atoms with Gasteiger partial charge in [0.25, 0.3) is 0 Å². The van der Waals surface area contributed by atoms with Crippen LogP contribution in [-0.2, 0) is 0 Å². The molecular formula is C22H22. The summed E-state index contributed by atoms with van der Waals surface area (Å²) >= 11 is 0. The second-order valence-electron chi connectivity index (χ2n) is 6.54. The molecule has 2 aromatic rings. The Balaban J connectivity index is 1.79. The fourth-order valence-corrected chi connectivity index (χ4v) is 4.29. The summed E-state index contributed by atoms with van der Waals surface area (Å²) in [6, 6.07) is 15.5. The molecule has 0 saturated heterocycles. The maximum absolute atomic E-state index is 3.90. The molecule has 4 rings (SSSR count). The van der Waals surface area contributed by atoms with Crippen LogP contribution in [0.3, 0.4) is 0 Å². The molecule has 4 unspecified atom stereocenters. The molecule has 4 atom stereocenters. The van der Waals surface area contributed by atoms with Gasteiger partial charge in [-0.2, -0.15) is 0 Å². The van der Waals surface area contributed by atoms with E-state index in [9.17, 15) is 0 Å². The first kappa shape index (κ1) is 13.8. The van der Waals surface area contributed by atoms with Crippen molar-refractivity contribution in [2.75, 3.05) is 0 Å². The van der Waals surface area contributed by atoms with Crippen LogP contribution in [0, 0.1) is 24.2 Å². The molecule has 0 amide bonds. The van der Waals surface area contributed by atoms with Crippen LogP contribution in [0.15, 0.2) is 66.8 Å². The zero-order valence-electron chi connectivity index (χ0n) is 13.1. The molecule has 0 heterocycles. The van der Waals surface area contributed by atoms with Crippen LogP contribution < -0.4 is 0 Å². The second-order valence-corrected chi connectivity index (χ2v) is 6.54. The molecule has 1 saturated carbocycles. The van der Waals surface area contributed by atoms with E-state index in [2.05, 4.69) is 80.1 Å². The van der Waals surface area contributed by atoms with E-state index in [1.165, 1.54) is 29.2 Å². The SMILES string of the molecule is CCCC1C(c2cccc3ccccc23)[C]C2C=CC=CC21. The second kappa shape index (κ2) is 5.76. The average Bonchev–Trinajstić information content (AvgIpc) is 2.93. The molecule has 2 radical (unpaired) electrons. The first-order valence-electron chi connectivity index (χ1n) is 8.47. The van der Waals surface area contributed by atoms with Crippen LogP contribution in [0.5, 0.6) is 0 Å². The average molecular weight is 286 g/mol. The van der Waals surface area contributed by atoms with Crippen molar-refractivity contribution in [1.29, 1.82) is 0 Å². The van der Waals surface area contributed by atoms with Gasteiger partial charge in [0.2, 0.25) is 0 Å². The van der Waals surface area contributed by atoms with Crippen molar-refractivity contribution in [2.45, 2.75) is 25.7 Å². The maximum Gasteiger partial charge on any atom is -0.000856 e. The van der Waals surface area contributed by atoms with E-state index in [0.717, 1.165) is 0 Å². The van der Waals surface area contributed by atoms with Crippen molar-refractivity contribution in [3.8, 4) is 0 Å². The van der Waals surface area contributed by atoms with Gasteiger partial charge in [-0.3, -0.25) is 0 Å². The molecule has 0 N–H and O–H groups in total. The fourth-order valence-electron chi connectivity index (χ4n) is 4.29. The smallest absolute Gasteiger partial charge is 0.000856 e. The molecule has 1 fully saturated rings. The summed E-state index contributed by atoms with van der Waals surface area (Å²) in [5.41, 5.74) is 1.47. The normalized spacial score (nSPS) is 29.9. The van der Waals surface area contributed by atoms with Crippen LogP contribution >= 0.6 is 0 Å². The molecule has 0 spiro atoms. The first-order chi connectivity index (χ1) is 10.9. The number of benzene rings is 2. The molecule has 0 aliphatic heterocycles. The summed E-state index contributed by atoms with van der Waals surface area (Å²) in [6.45, 7) is 2.30. The number of fused-ring (bicyclic) bond motifs is 2. The lowest BCUT2D eigenvalue weighted by Gasteiger charge is -2.25. The zero-order valence-corrected chi connectivity index (χ0v) is 13.1. The summed E-state index contributed by atoms with van der Waals surface area (Å²) in [5, 5.41) is 2.74. The Morgan fingerprint density at radius 1 is 0.955 bits per heavy atom. The van der Waals surface area contributed by atoms with Crippen LogP contribution in [0.25, 0.3) is 10.8 Å². The molecule has 110 valence electrons. The summed E-state index contributed by atoms with van der Waals surface area (Å²) in [7, 11) is 0. The molecule has 0 aromatic heterocycles. The van der Waals surface area contributed by atoms with Crippen LogP contribution in [-0.4, -0.2) is 0 Å². The van der Waals surface area contributed by atoms with E-state index >= 15 is 0 Å². The van der Waals surface area contributed by atoms with Crippen molar-refractivity contribution >= 4 is 10.8 Å². The minimum Gasteiger partial charge on any atom is -0.0805 e. The van der Waals surface area contributed by atoms with Gasteiger partial charge in [0.15, 0.2) is 0 Å². The largest absolute Gasteiger partial charge is 0.0805 e. The first-order valence-corrected chi connectivity index (χ1v) is 8.47. The topological polar surface area (TPSA) is 0 Å². The number of hydrogen-bond acceptors (Lipinski definition) is 0. The Labute approximate surface area is 133 Å². The highest BCUT2D eigenvalue weighted by atomic mass is 14.5. The van der Waals surface area contributed by atoms with Gasteiger partial charge in [0.1, 0.15) is 0 Å². The van der Waals surface area contributed by atoms with Gasteiger partial charge in [-0.25, -0.2) is 0 Å². The van der Waals surface area contributed by atoms with Crippen LogP contribution in [0.2, 0.25) is 0 Å². The summed E-state index contributed by atoms with van der Waals surface area (Å²) < 4.78 is 0. The van der Waals surface area contributed by atoms with E-state index in [1.807, 2.05) is 0 Å². The van der Waals surface area contributed by atoms with Gasteiger partial charge < -0.3 is 0 Å². The third-order valence-electron chi connectivity index (χ3n) is 5.25. The molecule has 2 aromatic carbocycles. The third-order valence-corrected chi connectivity index (χ3v) is 5.25. The summed E-state index contributed by atoms with van der Waals surface area (Å²) in [4.78, 5) is 0. The molecule has 0 nitrogen and oxygen atoms in total. The Morgan fingerprint density at radius 2 is 1.77 bits per heavy atom. The van der Waals surface area contributed by atoms with Crippen molar-refractivity contribution in [3.05, 3.63) is 78.8 Å². The molecule has 2 aliphatic carbocycles. The highest BCUT2D eigenvalue weighted by Crippen LogP contribution is 2.51. The highest BCUT2D eigenvalue weighted by Gasteiger charge is 2.42. The van der Waals surface area contributed by atoms with E-state index in [0.29, 0.717) is 23.7 Å². The van der Waals surface area contributed by atoms with E-state index in [1.54, 1.807) is 0 Å². The minimum atomic E-state index is 0.452. The Bertz CT molecular complexity index is 716. The monoisotopic (exact) mass is 286 g/mol. The molecular weight excluding hydrogens is 264 g/mol. The standard InChI is InChI=1S/C22H22/c1-2-8-20-19-13-6-4-10-17(19)15-22(20)21-14-7-11-16-9-3-5-12-18(16)21/h3-7,9-14,17,19-20,22H,2,8H2,1H3. The maximum atomic E-state index is 3.90. The highest BCUT2D eigenvalue weighted by molar-refractivity contribution is 5.86. The van der Waals surface area contributed by atoms with Crippen LogP contribution in [0.1, 0.15) is 31.2 Å². The van der Waals surface area contributed by atoms with Gasteiger partial charge in [-0.05, 0) is 52.8 Å². The number of hydrogen-bond donors (Lipinski definition) is 0. The van der Waals surface area contributed by atoms with Gasteiger partial charge in [-0.1, -0.05) is 80.1 Å². The minimum absolute atomic E-state index is 0.452. The van der Waals surface area contributed by atoms with Crippen molar-refractivity contribution in [1.82, 2.24) is 0 Å². The van der Waals surface area contributed by atoms with Gasteiger partial charge >= 0.3 is 0 Å². The van der Waals surface area contributed by atoms with E-state index in [-0.39, 0.29) is 0 Å². The van der Waals surface area contributed by atoms with E-state index in [4.69, 9.17) is 0 Å². The lowest BCUT2D eigenvalue weighted by Crippen LogP contribution is -2.15. The zero-order chi connectivity index (χ0) is 14.9. The third kappa shape index (κ3) is 2.22. The Hall–Kier alpha value is -1.82. The Kier molecular flexibility index (Phi) is 3.62. The summed E-state index contributed by atoms with van der Waals surface area (Å²) in [6.07, 6.45) is 15.6. The van der Waals surface area contributed by atoms with Crippen molar-refractivity contribution in [3.63, 3.8) is 0 Å². The van der Waals surface area contributed by atoms with E-state index < -0.39 is 0 Å². The quantitative estimate of drug-likeness (QED) is 0.669. The lowest BCUT2D eigenvalue weighted by atomic mass is 9.79. The predicted octanol–water partition coefficient (Wildman–Crippen LogP) is 5.79. The van der Waals surface area contributed by atoms with Gasteiger partial charge in [0, 0.05) is 0 Å². The molecule has 2 aliphatic rings. The molecule has 0 heteroatoms. The molecule has 22 heavy (non-hydrogen) atoms. The van der Waals surface area contributed by atoms with Gasteiger partial charge in [0.05, 0.1) is 0 Å². The van der Waals surface area contributed by atoms with Gasteiger partial charge in [-0.15, -0.1) is 0 Å².